The van der Waals surface area contributed by atoms with E-state index in [0.29, 0.717) is 17.9 Å². The number of ether oxygens (including phenoxy) is 1. The summed E-state index contributed by atoms with van der Waals surface area (Å²) in [7, 11) is 0. The Morgan fingerprint density at radius 2 is 1.90 bits per heavy atom. The van der Waals surface area contributed by atoms with Gasteiger partial charge in [-0.15, -0.1) is 0 Å². The van der Waals surface area contributed by atoms with E-state index in [1.54, 1.807) is 0 Å². The van der Waals surface area contributed by atoms with Crippen molar-refractivity contribution >= 4 is 6.09 Å². The van der Waals surface area contributed by atoms with Gasteiger partial charge in [-0.1, -0.05) is 20.8 Å². The molecule has 0 aromatic rings. The van der Waals surface area contributed by atoms with Crippen molar-refractivity contribution in [2.75, 3.05) is 6.54 Å². The Balaban J connectivity index is 2.43. The molecule has 0 bridgehead atoms. The molecule has 1 saturated carbocycles. The molecule has 0 aromatic heterocycles. The van der Waals surface area contributed by atoms with Crippen molar-refractivity contribution in [3.8, 4) is 0 Å². The largest absolute Gasteiger partial charge is 0.444 e. The first-order valence-electron chi connectivity index (χ1n) is 7.95. The summed E-state index contributed by atoms with van der Waals surface area (Å²) in [6, 6.07) is 0.703. The maximum atomic E-state index is 11.9. The van der Waals surface area contributed by atoms with Gasteiger partial charge in [-0.2, -0.15) is 0 Å². The molecule has 4 nitrogen and oxygen atoms in total. The van der Waals surface area contributed by atoms with Crippen LogP contribution in [0.4, 0.5) is 4.79 Å². The van der Waals surface area contributed by atoms with Crippen molar-refractivity contribution in [1.82, 2.24) is 10.6 Å². The third-order valence-electron chi connectivity index (χ3n) is 3.74. The minimum absolute atomic E-state index is 0.192. The second kappa shape index (κ2) is 7.30. The molecule has 0 aliphatic heterocycles. The second-order valence-electron chi connectivity index (χ2n) is 7.26. The smallest absolute Gasteiger partial charge is 0.407 e. The van der Waals surface area contributed by atoms with Crippen molar-refractivity contribution < 1.29 is 9.53 Å². The van der Waals surface area contributed by atoms with Gasteiger partial charge in [0.1, 0.15) is 5.60 Å². The van der Waals surface area contributed by atoms with Gasteiger partial charge in [0.05, 0.1) is 0 Å². The molecule has 2 atom stereocenters. The maximum Gasteiger partial charge on any atom is 0.407 e. The van der Waals surface area contributed by atoms with Gasteiger partial charge in [0.15, 0.2) is 0 Å². The van der Waals surface area contributed by atoms with E-state index in [2.05, 4.69) is 31.4 Å². The lowest BCUT2D eigenvalue weighted by atomic mass is 10.0. The molecule has 20 heavy (non-hydrogen) atoms. The number of hydrogen-bond acceptors (Lipinski definition) is 3. The number of alkyl carbamates (subject to hydrolysis) is 1. The molecule has 1 fully saturated rings. The maximum absolute atomic E-state index is 11.9. The van der Waals surface area contributed by atoms with Gasteiger partial charge in [0.2, 0.25) is 0 Å². The van der Waals surface area contributed by atoms with Crippen molar-refractivity contribution in [3.63, 3.8) is 0 Å². The molecule has 118 valence electrons. The fourth-order valence-corrected chi connectivity index (χ4v) is 2.42. The summed E-state index contributed by atoms with van der Waals surface area (Å²) in [4.78, 5) is 11.9. The first-order chi connectivity index (χ1) is 9.23. The van der Waals surface area contributed by atoms with Gasteiger partial charge in [0, 0.05) is 18.6 Å². The van der Waals surface area contributed by atoms with Crippen LogP contribution in [0.25, 0.3) is 0 Å². The highest BCUT2D eigenvalue weighted by molar-refractivity contribution is 5.68. The first kappa shape index (κ1) is 17.3. The van der Waals surface area contributed by atoms with Crippen molar-refractivity contribution in [2.45, 2.75) is 78.5 Å². The van der Waals surface area contributed by atoms with E-state index >= 15 is 0 Å². The van der Waals surface area contributed by atoms with E-state index in [4.69, 9.17) is 4.74 Å². The Hall–Kier alpha value is -0.770. The molecule has 0 spiro atoms. The van der Waals surface area contributed by atoms with Gasteiger partial charge >= 0.3 is 6.09 Å². The van der Waals surface area contributed by atoms with Crippen LogP contribution < -0.4 is 10.6 Å². The van der Waals surface area contributed by atoms with Crippen LogP contribution in [-0.4, -0.2) is 30.3 Å². The third kappa shape index (κ3) is 6.60. The number of nitrogens with one attached hydrogen (secondary N) is 2. The summed E-state index contributed by atoms with van der Waals surface area (Å²) in [5, 5.41) is 6.62. The summed E-state index contributed by atoms with van der Waals surface area (Å²) < 4.78 is 5.35. The topological polar surface area (TPSA) is 50.4 Å². The Labute approximate surface area is 124 Å². The van der Waals surface area contributed by atoms with Crippen LogP contribution in [0.5, 0.6) is 0 Å². The minimum atomic E-state index is -0.435. The van der Waals surface area contributed by atoms with Crippen LogP contribution in [0.2, 0.25) is 0 Å². The highest BCUT2D eigenvalue weighted by Gasteiger charge is 2.33. The van der Waals surface area contributed by atoms with E-state index in [0.717, 1.165) is 13.0 Å². The molecule has 1 aliphatic carbocycles. The molecule has 2 unspecified atom stereocenters. The highest BCUT2D eigenvalue weighted by Crippen LogP contribution is 2.32. The average molecular weight is 284 g/mol. The zero-order valence-corrected chi connectivity index (χ0v) is 14.0. The Kier molecular flexibility index (Phi) is 6.31. The van der Waals surface area contributed by atoms with Crippen LogP contribution >= 0.6 is 0 Å². The molecule has 4 heteroatoms. The summed E-state index contributed by atoms with van der Waals surface area (Å²) >= 11 is 0. The molecular weight excluding hydrogens is 252 g/mol. The van der Waals surface area contributed by atoms with E-state index in [9.17, 15) is 4.79 Å². The molecule has 2 N–H and O–H groups in total. The Morgan fingerprint density at radius 1 is 1.30 bits per heavy atom. The van der Waals surface area contributed by atoms with E-state index < -0.39 is 5.60 Å². The number of amides is 1. The van der Waals surface area contributed by atoms with Gasteiger partial charge in [-0.05, 0) is 51.9 Å². The summed E-state index contributed by atoms with van der Waals surface area (Å²) in [5.74, 6) is 1.22. The molecule has 1 aliphatic rings. The molecule has 0 radical (unpaired) electrons. The molecule has 1 amide bonds. The lowest BCUT2D eigenvalue weighted by Crippen LogP contribution is -2.48. The van der Waals surface area contributed by atoms with Gasteiger partial charge in [-0.3, -0.25) is 0 Å². The lowest BCUT2D eigenvalue weighted by Gasteiger charge is -2.27. The summed E-state index contributed by atoms with van der Waals surface area (Å²) in [6.07, 6.45) is 3.23. The average Bonchev–Trinajstić information content (AvgIpc) is 3.08. The predicted octanol–water partition coefficient (Wildman–Crippen LogP) is 3.31. The van der Waals surface area contributed by atoms with Crippen LogP contribution in [0, 0.1) is 11.8 Å². The SMILES string of the molecule is CCC(NCC(NC(=O)OC(C)(C)C)C1CC1)C(C)C. The van der Waals surface area contributed by atoms with Gasteiger partial charge in [-0.25, -0.2) is 4.79 Å². The van der Waals surface area contributed by atoms with Crippen LogP contribution in [0.15, 0.2) is 0 Å². The quantitative estimate of drug-likeness (QED) is 0.754. The van der Waals surface area contributed by atoms with Crippen LogP contribution in [-0.2, 0) is 4.74 Å². The molecule has 0 aromatic carbocycles. The standard InChI is InChI=1S/C16H32N2O2/c1-7-13(11(2)3)17-10-14(12-8-9-12)18-15(19)20-16(4,5)6/h11-14,17H,7-10H2,1-6H3,(H,18,19). The fraction of sp³-hybridized carbons (Fsp3) is 0.938. The minimum Gasteiger partial charge on any atom is -0.444 e. The molecule has 0 heterocycles. The summed E-state index contributed by atoms with van der Waals surface area (Å²) in [6.45, 7) is 13.2. The fourth-order valence-electron chi connectivity index (χ4n) is 2.42. The highest BCUT2D eigenvalue weighted by atomic mass is 16.6. The van der Waals surface area contributed by atoms with Gasteiger partial charge < -0.3 is 15.4 Å². The second-order valence-corrected chi connectivity index (χ2v) is 7.26. The van der Waals surface area contributed by atoms with E-state index in [1.807, 2.05) is 20.8 Å². The number of hydrogen-bond donors (Lipinski definition) is 2. The normalized spacial score (nSPS) is 18.8. The van der Waals surface area contributed by atoms with Crippen molar-refractivity contribution in [2.24, 2.45) is 11.8 Å². The number of rotatable bonds is 7. The number of carbonyl (C=O) groups is 1. The van der Waals surface area contributed by atoms with Crippen LogP contribution in [0.1, 0.15) is 60.8 Å². The van der Waals surface area contributed by atoms with Crippen LogP contribution in [0.3, 0.4) is 0 Å². The first-order valence-corrected chi connectivity index (χ1v) is 7.95. The monoisotopic (exact) mass is 284 g/mol. The Morgan fingerprint density at radius 3 is 2.30 bits per heavy atom. The van der Waals surface area contributed by atoms with E-state index in [-0.39, 0.29) is 12.1 Å². The summed E-state index contributed by atoms with van der Waals surface area (Å²) in [5.41, 5.74) is -0.435. The zero-order valence-electron chi connectivity index (χ0n) is 14.0. The zero-order chi connectivity index (χ0) is 15.3. The molecule has 1 rings (SSSR count). The van der Waals surface area contributed by atoms with Crippen molar-refractivity contribution in [3.05, 3.63) is 0 Å². The lowest BCUT2D eigenvalue weighted by molar-refractivity contribution is 0.0496. The molecule has 0 saturated heterocycles. The molecular formula is C16H32N2O2. The predicted molar refractivity (Wildman–Crippen MR) is 82.8 cm³/mol. The Bertz CT molecular complexity index is 306. The third-order valence-corrected chi connectivity index (χ3v) is 3.74. The number of carbonyl (C=O) groups excluding carboxylic acids is 1. The van der Waals surface area contributed by atoms with Crippen molar-refractivity contribution in [1.29, 1.82) is 0 Å². The van der Waals surface area contributed by atoms with E-state index in [1.165, 1.54) is 12.8 Å². The van der Waals surface area contributed by atoms with Gasteiger partial charge in [0.25, 0.3) is 0 Å².